The number of carbonyl (C=O) groups excluding carboxylic acids is 2. The van der Waals surface area contributed by atoms with Crippen LogP contribution in [0.1, 0.15) is 21.7 Å². The molecule has 0 aliphatic carbocycles. The zero-order chi connectivity index (χ0) is 21.6. The second-order valence-corrected chi connectivity index (χ2v) is 7.14. The molecule has 2 aliphatic rings. The number of Topliss-reactive ketones (excluding diaryl/α,β-unsaturated/α-hetero) is 1. The zero-order valence-electron chi connectivity index (χ0n) is 16.7. The van der Waals surface area contributed by atoms with Gasteiger partial charge in [-0.25, -0.2) is 0 Å². The summed E-state index contributed by atoms with van der Waals surface area (Å²) in [6, 6.07) is 15.4. The van der Waals surface area contributed by atoms with Gasteiger partial charge in [0.25, 0.3) is 11.5 Å². The van der Waals surface area contributed by atoms with Crippen LogP contribution in [0.3, 0.4) is 0 Å². The Balaban J connectivity index is 1.71. The predicted octanol–water partition coefficient (Wildman–Crippen LogP) is 3.38. The van der Waals surface area contributed by atoms with E-state index in [4.69, 9.17) is 18.7 Å². The van der Waals surface area contributed by atoms with Crippen LogP contribution in [0.15, 0.2) is 70.4 Å². The summed E-state index contributed by atoms with van der Waals surface area (Å²) in [4.78, 5) is 32.7. The summed E-state index contributed by atoms with van der Waals surface area (Å²) < 4.78 is 16.1. The Kier molecular flexibility index (Phi) is 4.28. The molecule has 31 heavy (non-hydrogen) atoms. The molecule has 0 bridgehead atoms. The molecule has 8 heteroatoms. The number of rotatable bonds is 5. The maximum Gasteiger partial charge on any atom is 0.277 e. The summed E-state index contributed by atoms with van der Waals surface area (Å²) in [6.07, 6.45) is 1.41. The molecule has 1 aromatic heterocycles. The molecular formula is C23H18N2O6. The van der Waals surface area contributed by atoms with Crippen molar-refractivity contribution >= 4 is 23.1 Å². The van der Waals surface area contributed by atoms with E-state index >= 15 is 0 Å². The molecule has 0 saturated carbocycles. The molecule has 1 spiro atoms. The number of amides is 1. The van der Waals surface area contributed by atoms with E-state index in [-0.39, 0.29) is 11.5 Å². The first-order valence-corrected chi connectivity index (χ1v) is 9.57. The maximum atomic E-state index is 13.6. The van der Waals surface area contributed by atoms with Crippen LogP contribution in [-0.4, -0.2) is 31.6 Å². The number of para-hydroxylation sites is 1. The maximum absolute atomic E-state index is 13.6. The molecular weight excluding hydrogens is 400 g/mol. The van der Waals surface area contributed by atoms with Crippen molar-refractivity contribution in [2.24, 2.45) is 11.1 Å². The van der Waals surface area contributed by atoms with Crippen molar-refractivity contribution in [1.29, 1.82) is 0 Å². The minimum absolute atomic E-state index is 0.104. The number of benzene rings is 2. The number of anilines is 1. The lowest BCUT2D eigenvalue weighted by Gasteiger charge is -2.26. The standard InChI is InChI=1S/C23H18N2O6/c1-28-13-9-10-14(18(12-13)29-2)20-19(21(26)17-8-5-11-30-17)23(31-25-20)15-6-3-4-7-16(15)24-22(23)27/h3-12,19H,1-2H3,(H,24,27)/t19-,23+/m1/s1. The summed E-state index contributed by atoms with van der Waals surface area (Å²) >= 11 is 0. The second kappa shape index (κ2) is 7.02. The fourth-order valence-electron chi connectivity index (χ4n) is 4.13. The summed E-state index contributed by atoms with van der Waals surface area (Å²) in [6.45, 7) is 0. The van der Waals surface area contributed by atoms with Crippen molar-refractivity contribution < 1.29 is 28.3 Å². The lowest BCUT2D eigenvalue weighted by molar-refractivity contribution is -0.140. The highest BCUT2D eigenvalue weighted by Gasteiger charge is 2.64. The fraction of sp³-hybridized carbons (Fsp3) is 0.174. The molecule has 5 rings (SSSR count). The molecule has 2 aromatic carbocycles. The third-order valence-corrected chi connectivity index (χ3v) is 5.59. The Morgan fingerprint density at radius 2 is 1.94 bits per heavy atom. The Morgan fingerprint density at radius 1 is 1.10 bits per heavy atom. The quantitative estimate of drug-likeness (QED) is 0.638. The summed E-state index contributed by atoms with van der Waals surface area (Å²) in [5.41, 5.74) is 0.245. The van der Waals surface area contributed by atoms with Crippen molar-refractivity contribution in [2.75, 3.05) is 19.5 Å². The third-order valence-electron chi connectivity index (χ3n) is 5.59. The normalized spacial score (nSPS) is 21.3. The zero-order valence-corrected chi connectivity index (χ0v) is 16.7. The SMILES string of the molecule is COc1ccc(C2=NO[C@]3(C(=O)Nc4ccccc43)[C@H]2C(=O)c2ccco2)c(OC)c1. The lowest BCUT2D eigenvalue weighted by Crippen LogP contribution is -2.46. The Morgan fingerprint density at radius 3 is 2.68 bits per heavy atom. The molecule has 1 amide bonds. The molecule has 2 aliphatic heterocycles. The smallest absolute Gasteiger partial charge is 0.277 e. The van der Waals surface area contributed by atoms with Crippen molar-refractivity contribution in [2.45, 2.75) is 5.60 Å². The average molecular weight is 418 g/mol. The van der Waals surface area contributed by atoms with Gasteiger partial charge in [0.15, 0.2) is 5.76 Å². The van der Waals surface area contributed by atoms with Crippen molar-refractivity contribution in [3.63, 3.8) is 0 Å². The van der Waals surface area contributed by atoms with Crippen molar-refractivity contribution in [3.05, 3.63) is 77.7 Å². The number of nitrogens with zero attached hydrogens (tertiary/aromatic N) is 1. The number of nitrogens with one attached hydrogen (secondary N) is 1. The van der Waals surface area contributed by atoms with Crippen LogP contribution in [0.4, 0.5) is 5.69 Å². The van der Waals surface area contributed by atoms with Gasteiger partial charge >= 0.3 is 0 Å². The van der Waals surface area contributed by atoms with E-state index in [1.165, 1.54) is 13.4 Å². The number of ether oxygens (including phenoxy) is 2. The number of hydrogen-bond acceptors (Lipinski definition) is 7. The van der Waals surface area contributed by atoms with Gasteiger partial charge in [-0.2, -0.15) is 0 Å². The number of carbonyl (C=O) groups is 2. The Hall–Kier alpha value is -4.07. The number of fused-ring (bicyclic) bond motifs is 2. The number of methoxy groups -OCH3 is 2. The topological polar surface area (TPSA) is 99.4 Å². The Bertz CT molecular complexity index is 1220. The van der Waals surface area contributed by atoms with Crippen LogP contribution >= 0.6 is 0 Å². The van der Waals surface area contributed by atoms with Gasteiger partial charge in [-0.1, -0.05) is 23.4 Å². The highest BCUT2D eigenvalue weighted by atomic mass is 16.7. The summed E-state index contributed by atoms with van der Waals surface area (Å²) in [5, 5.41) is 7.05. The largest absolute Gasteiger partial charge is 0.497 e. The molecule has 156 valence electrons. The van der Waals surface area contributed by atoms with E-state index < -0.39 is 23.2 Å². The first-order chi connectivity index (χ1) is 15.1. The fourth-order valence-corrected chi connectivity index (χ4v) is 4.13. The van der Waals surface area contributed by atoms with Crippen LogP contribution in [0, 0.1) is 5.92 Å². The van der Waals surface area contributed by atoms with Gasteiger partial charge in [-0.05, 0) is 30.3 Å². The number of furan rings is 1. The van der Waals surface area contributed by atoms with Gasteiger partial charge in [0.2, 0.25) is 5.78 Å². The molecule has 0 unspecified atom stereocenters. The second-order valence-electron chi connectivity index (χ2n) is 7.14. The summed E-state index contributed by atoms with van der Waals surface area (Å²) in [5.74, 6) is -0.872. The number of oxime groups is 1. The van der Waals surface area contributed by atoms with Gasteiger partial charge in [0.1, 0.15) is 23.1 Å². The number of hydrogen-bond donors (Lipinski definition) is 1. The molecule has 3 heterocycles. The minimum atomic E-state index is -1.65. The van der Waals surface area contributed by atoms with Gasteiger partial charge in [0.05, 0.1) is 20.5 Å². The lowest BCUT2D eigenvalue weighted by atomic mass is 9.75. The molecule has 3 aromatic rings. The number of ketones is 1. The Labute approximate surface area is 177 Å². The predicted molar refractivity (Wildman–Crippen MR) is 110 cm³/mol. The molecule has 0 radical (unpaired) electrons. The highest BCUT2D eigenvalue weighted by Crippen LogP contribution is 2.50. The van der Waals surface area contributed by atoms with Gasteiger partial charge < -0.3 is 24.0 Å². The highest BCUT2D eigenvalue weighted by molar-refractivity contribution is 6.24. The average Bonchev–Trinajstić information content (AvgIpc) is 3.53. The van der Waals surface area contributed by atoms with E-state index in [9.17, 15) is 9.59 Å². The van der Waals surface area contributed by atoms with E-state index in [0.717, 1.165) is 0 Å². The van der Waals surface area contributed by atoms with E-state index in [1.807, 2.05) is 0 Å². The van der Waals surface area contributed by atoms with Gasteiger partial charge in [0, 0.05) is 22.9 Å². The minimum Gasteiger partial charge on any atom is -0.497 e. The van der Waals surface area contributed by atoms with Crippen LogP contribution in [-0.2, 0) is 15.2 Å². The van der Waals surface area contributed by atoms with Crippen molar-refractivity contribution in [1.82, 2.24) is 0 Å². The van der Waals surface area contributed by atoms with Gasteiger partial charge in [-0.15, -0.1) is 0 Å². The molecule has 1 N–H and O–H groups in total. The first-order valence-electron chi connectivity index (χ1n) is 9.57. The van der Waals surface area contributed by atoms with Crippen LogP contribution < -0.4 is 14.8 Å². The van der Waals surface area contributed by atoms with E-state index in [1.54, 1.807) is 61.7 Å². The molecule has 0 saturated heterocycles. The van der Waals surface area contributed by atoms with Crippen LogP contribution in [0.5, 0.6) is 11.5 Å². The van der Waals surface area contributed by atoms with Gasteiger partial charge in [-0.3, -0.25) is 9.59 Å². The first kappa shape index (κ1) is 18.9. The monoisotopic (exact) mass is 418 g/mol. The molecule has 0 fully saturated rings. The molecule has 8 nitrogen and oxygen atoms in total. The van der Waals surface area contributed by atoms with Crippen LogP contribution in [0.2, 0.25) is 0 Å². The van der Waals surface area contributed by atoms with E-state index in [2.05, 4.69) is 10.5 Å². The van der Waals surface area contributed by atoms with E-state index in [0.29, 0.717) is 28.3 Å². The van der Waals surface area contributed by atoms with Crippen LogP contribution in [0.25, 0.3) is 0 Å². The third kappa shape index (κ3) is 2.64. The summed E-state index contributed by atoms with van der Waals surface area (Å²) in [7, 11) is 3.05. The molecule has 2 atom stereocenters. The van der Waals surface area contributed by atoms with Crippen molar-refractivity contribution in [3.8, 4) is 11.5 Å².